The van der Waals surface area contributed by atoms with Gasteiger partial charge in [-0.2, -0.15) is 18.3 Å². The van der Waals surface area contributed by atoms with Crippen molar-refractivity contribution in [1.82, 2.24) is 20.0 Å². The number of anilines is 1. The minimum atomic E-state index is -4.43. The third kappa shape index (κ3) is 5.01. The molecule has 2 aliphatic rings. The highest BCUT2D eigenvalue weighted by Gasteiger charge is 2.35. The van der Waals surface area contributed by atoms with Crippen molar-refractivity contribution in [3.05, 3.63) is 23.8 Å². The number of rotatable bonds is 7. The SMILES string of the molecule is CCO[C@H]1CC[C@@H](N2CC(NC(=O)CNc3nn(C)c4ccc(C(F)(F)F)cc34)C2)CC1. The monoisotopic (exact) mass is 453 g/mol. The number of hydrogen-bond acceptors (Lipinski definition) is 5. The second-order valence-electron chi connectivity index (χ2n) is 8.66. The molecule has 0 radical (unpaired) electrons. The van der Waals surface area contributed by atoms with Crippen molar-refractivity contribution < 1.29 is 22.7 Å². The third-order valence-electron chi connectivity index (χ3n) is 6.43. The van der Waals surface area contributed by atoms with Crippen molar-refractivity contribution in [2.75, 3.05) is 31.6 Å². The maximum absolute atomic E-state index is 13.1. The molecule has 4 rings (SSSR count). The lowest BCUT2D eigenvalue weighted by Crippen LogP contribution is -2.63. The van der Waals surface area contributed by atoms with E-state index in [1.807, 2.05) is 6.92 Å². The van der Waals surface area contributed by atoms with Gasteiger partial charge < -0.3 is 15.4 Å². The van der Waals surface area contributed by atoms with E-state index in [1.54, 1.807) is 7.05 Å². The number of fused-ring (bicyclic) bond motifs is 1. The van der Waals surface area contributed by atoms with E-state index in [4.69, 9.17) is 4.74 Å². The molecular weight excluding hydrogens is 423 g/mol. The van der Waals surface area contributed by atoms with E-state index in [1.165, 1.54) is 10.7 Å². The van der Waals surface area contributed by atoms with Gasteiger partial charge in [-0.05, 0) is 50.8 Å². The summed E-state index contributed by atoms with van der Waals surface area (Å²) in [4.78, 5) is 14.8. The first kappa shape index (κ1) is 22.8. The number of amides is 1. The van der Waals surface area contributed by atoms with Crippen molar-refractivity contribution in [2.24, 2.45) is 7.05 Å². The summed E-state index contributed by atoms with van der Waals surface area (Å²) in [7, 11) is 1.66. The molecular formula is C22H30F3N5O2. The molecule has 1 aromatic heterocycles. The van der Waals surface area contributed by atoms with Crippen LogP contribution >= 0.6 is 0 Å². The van der Waals surface area contributed by atoms with Crippen LogP contribution < -0.4 is 10.6 Å². The molecule has 1 saturated heterocycles. The maximum Gasteiger partial charge on any atom is 0.416 e. The molecule has 0 spiro atoms. The molecule has 2 heterocycles. The van der Waals surface area contributed by atoms with Crippen molar-refractivity contribution >= 4 is 22.6 Å². The van der Waals surface area contributed by atoms with Gasteiger partial charge in [-0.1, -0.05) is 0 Å². The Morgan fingerprint density at radius 1 is 1.22 bits per heavy atom. The van der Waals surface area contributed by atoms with Crippen LogP contribution in [0.15, 0.2) is 18.2 Å². The van der Waals surface area contributed by atoms with E-state index in [2.05, 4.69) is 20.6 Å². The highest BCUT2D eigenvalue weighted by molar-refractivity contribution is 5.92. The van der Waals surface area contributed by atoms with Gasteiger partial charge in [-0.15, -0.1) is 0 Å². The van der Waals surface area contributed by atoms with E-state index >= 15 is 0 Å². The van der Waals surface area contributed by atoms with Crippen LogP contribution in [-0.2, 0) is 22.8 Å². The normalized spacial score (nSPS) is 22.7. The Labute approximate surface area is 185 Å². The number of carbonyl (C=O) groups is 1. The summed E-state index contributed by atoms with van der Waals surface area (Å²) < 4.78 is 46.4. The molecule has 0 bridgehead atoms. The molecule has 10 heteroatoms. The molecule has 2 fully saturated rings. The van der Waals surface area contributed by atoms with Gasteiger partial charge in [0, 0.05) is 38.2 Å². The molecule has 1 aliphatic carbocycles. The van der Waals surface area contributed by atoms with Gasteiger partial charge in [-0.25, -0.2) is 0 Å². The number of likely N-dealkylation sites (tertiary alicyclic amines) is 1. The predicted molar refractivity (Wildman–Crippen MR) is 115 cm³/mol. The average molecular weight is 454 g/mol. The molecule has 1 saturated carbocycles. The standard InChI is InChI=1S/C22H30F3N5O2/c1-3-32-17-7-5-16(6-8-17)30-12-15(13-30)27-20(31)11-26-21-18-10-14(22(23,24)25)4-9-19(18)29(2)28-21/h4,9-10,15-17H,3,5-8,11-13H2,1-2H3,(H,26,28)(H,27,31)/t16-,17+. The Hall–Kier alpha value is -2.33. The number of ether oxygens (including phenoxy) is 1. The van der Waals surface area contributed by atoms with Crippen molar-refractivity contribution in [1.29, 1.82) is 0 Å². The zero-order valence-electron chi connectivity index (χ0n) is 18.4. The fourth-order valence-electron chi connectivity index (χ4n) is 4.73. The second-order valence-corrected chi connectivity index (χ2v) is 8.66. The van der Waals surface area contributed by atoms with Crippen molar-refractivity contribution in [3.63, 3.8) is 0 Å². The van der Waals surface area contributed by atoms with Gasteiger partial charge in [0.25, 0.3) is 0 Å². The first-order chi connectivity index (χ1) is 15.2. The lowest BCUT2D eigenvalue weighted by molar-refractivity contribution is -0.137. The zero-order chi connectivity index (χ0) is 22.9. The Kier molecular flexibility index (Phi) is 6.62. The van der Waals surface area contributed by atoms with Gasteiger partial charge in [0.1, 0.15) is 0 Å². The lowest BCUT2D eigenvalue weighted by Gasteiger charge is -2.46. The fraction of sp³-hybridized carbons (Fsp3) is 0.636. The summed E-state index contributed by atoms with van der Waals surface area (Å²) in [6.45, 7) is 4.41. The number of aromatic nitrogens is 2. The van der Waals surface area contributed by atoms with Crippen LogP contribution in [0.4, 0.5) is 19.0 Å². The number of carbonyl (C=O) groups excluding carboxylic acids is 1. The Morgan fingerprint density at radius 3 is 2.59 bits per heavy atom. The molecule has 0 unspecified atom stereocenters. The van der Waals surface area contributed by atoms with Crippen LogP contribution in [0.5, 0.6) is 0 Å². The highest BCUT2D eigenvalue weighted by Crippen LogP contribution is 2.33. The van der Waals surface area contributed by atoms with Crippen LogP contribution in [0.1, 0.15) is 38.2 Å². The summed E-state index contributed by atoms with van der Waals surface area (Å²) >= 11 is 0. The smallest absolute Gasteiger partial charge is 0.379 e. The third-order valence-corrected chi connectivity index (χ3v) is 6.43. The van der Waals surface area contributed by atoms with Gasteiger partial charge in [0.15, 0.2) is 5.82 Å². The van der Waals surface area contributed by atoms with E-state index in [-0.39, 0.29) is 24.3 Å². The van der Waals surface area contributed by atoms with E-state index < -0.39 is 11.7 Å². The van der Waals surface area contributed by atoms with Gasteiger partial charge in [0.05, 0.1) is 29.8 Å². The number of nitrogens with one attached hydrogen (secondary N) is 2. The Bertz CT molecular complexity index is 947. The van der Waals surface area contributed by atoms with Crippen LogP contribution in [-0.4, -0.2) is 65.0 Å². The maximum atomic E-state index is 13.1. The molecule has 2 aromatic rings. The van der Waals surface area contributed by atoms with Crippen molar-refractivity contribution in [3.8, 4) is 0 Å². The molecule has 2 N–H and O–H groups in total. The number of nitrogens with zero attached hydrogens (tertiary/aromatic N) is 3. The van der Waals surface area contributed by atoms with Gasteiger partial charge >= 0.3 is 6.18 Å². The molecule has 32 heavy (non-hydrogen) atoms. The van der Waals surface area contributed by atoms with Crippen LogP contribution in [0.3, 0.4) is 0 Å². The van der Waals surface area contributed by atoms with E-state index in [0.717, 1.165) is 57.5 Å². The molecule has 1 aliphatic heterocycles. The highest BCUT2D eigenvalue weighted by atomic mass is 19.4. The fourth-order valence-corrected chi connectivity index (χ4v) is 4.73. The van der Waals surface area contributed by atoms with Crippen LogP contribution in [0.25, 0.3) is 10.9 Å². The summed E-state index contributed by atoms with van der Waals surface area (Å²) in [6.07, 6.45) is 0.374. The Balaban J connectivity index is 1.25. The number of hydrogen-bond donors (Lipinski definition) is 2. The number of alkyl halides is 3. The quantitative estimate of drug-likeness (QED) is 0.674. The summed E-state index contributed by atoms with van der Waals surface area (Å²) in [5.74, 6) is 0.0746. The topological polar surface area (TPSA) is 71.4 Å². The summed E-state index contributed by atoms with van der Waals surface area (Å²) in [5.41, 5.74) is -0.176. The zero-order valence-corrected chi connectivity index (χ0v) is 18.4. The van der Waals surface area contributed by atoms with Gasteiger partial charge in [-0.3, -0.25) is 14.4 Å². The summed E-state index contributed by atoms with van der Waals surface area (Å²) in [6, 6.07) is 4.15. The number of benzene rings is 1. The molecule has 176 valence electrons. The lowest BCUT2D eigenvalue weighted by atomic mass is 9.89. The number of aryl methyl sites for hydroxylation is 1. The number of halogens is 3. The first-order valence-electron chi connectivity index (χ1n) is 11.2. The summed E-state index contributed by atoms with van der Waals surface area (Å²) in [5, 5.41) is 10.5. The Morgan fingerprint density at radius 2 is 1.94 bits per heavy atom. The first-order valence-corrected chi connectivity index (χ1v) is 11.2. The molecule has 1 aromatic carbocycles. The van der Waals surface area contributed by atoms with Gasteiger partial charge in [0.2, 0.25) is 5.91 Å². The van der Waals surface area contributed by atoms with E-state index in [0.29, 0.717) is 23.0 Å². The van der Waals surface area contributed by atoms with Crippen LogP contribution in [0.2, 0.25) is 0 Å². The largest absolute Gasteiger partial charge is 0.416 e. The molecule has 0 atom stereocenters. The minimum Gasteiger partial charge on any atom is -0.379 e. The van der Waals surface area contributed by atoms with E-state index in [9.17, 15) is 18.0 Å². The van der Waals surface area contributed by atoms with Crippen LogP contribution in [0, 0.1) is 0 Å². The molecule has 1 amide bonds. The molecule has 7 nitrogen and oxygen atoms in total. The van der Waals surface area contributed by atoms with Crippen molar-refractivity contribution in [2.45, 2.75) is 57.0 Å². The second kappa shape index (κ2) is 9.27. The predicted octanol–water partition coefficient (Wildman–Crippen LogP) is 3.15. The minimum absolute atomic E-state index is 0.0433. The average Bonchev–Trinajstić information content (AvgIpc) is 3.04.